The van der Waals surface area contributed by atoms with Crippen molar-refractivity contribution >= 4 is 0 Å². The molecule has 1 aliphatic heterocycles. The van der Waals surface area contributed by atoms with Gasteiger partial charge in [0.25, 0.3) is 0 Å². The molecular formula is C24H47NO7. The molecule has 0 aromatic rings. The van der Waals surface area contributed by atoms with Crippen LogP contribution in [0.5, 0.6) is 0 Å². The van der Waals surface area contributed by atoms with Gasteiger partial charge in [0.1, 0.15) is 24.4 Å². The highest BCUT2D eigenvalue weighted by molar-refractivity contribution is 4.94. The summed E-state index contributed by atoms with van der Waals surface area (Å²) < 4.78 is 10.6. The van der Waals surface area contributed by atoms with E-state index in [1.54, 1.807) is 6.08 Å². The third-order valence-corrected chi connectivity index (χ3v) is 6.05. The number of hydrogen-bond acceptors (Lipinski definition) is 8. The number of unbranched alkanes of at least 4 members (excludes halogenated alkanes) is 11. The fourth-order valence-corrected chi connectivity index (χ4v) is 3.81. The van der Waals surface area contributed by atoms with Crippen molar-refractivity contribution in [3.8, 4) is 0 Å². The molecule has 0 radical (unpaired) electrons. The minimum Gasteiger partial charge on any atom is -0.394 e. The summed E-state index contributed by atoms with van der Waals surface area (Å²) in [7, 11) is 0. The number of nitrogens with two attached hydrogens (primary N) is 1. The molecule has 8 nitrogen and oxygen atoms in total. The number of ether oxygens (including phenoxy) is 2. The first-order valence-electron chi connectivity index (χ1n) is 12.4. The van der Waals surface area contributed by atoms with E-state index >= 15 is 0 Å². The zero-order valence-corrected chi connectivity index (χ0v) is 19.7. The van der Waals surface area contributed by atoms with Crippen LogP contribution in [0.25, 0.3) is 0 Å². The molecule has 0 bridgehead atoms. The Morgan fingerprint density at radius 3 is 2.00 bits per heavy atom. The summed E-state index contributed by atoms with van der Waals surface area (Å²) >= 11 is 0. The Kier molecular flexibility index (Phi) is 16.4. The second-order valence-corrected chi connectivity index (χ2v) is 8.94. The molecule has 7 N–H and O–H groups in total. The smallest absolute Gasteiger partial charge is 0.186 e. The van der Waals surface area contributed by atoms with Crippen LogP contribution < -0.4 is 5.73 Å². The first kappa shape index (κ1) is 29.5. The van der Waals surface area contributed by atoms with E-state index in [0.29, 0.717) is 0 Å². The van der Waals surface area contributed by atoms with E-state index in [-0.39, 0.29) is 6.61 Å². The van der Waals surface area contributed by atoms with Crippen LogP contribution in [-0.2, 0) is 9.47 Å². The average Bonchev–Trinajstić information content (AvgIpc) is 2.79. The van der Waals surface area contributed by atoms with Gasteiger partial charge < -0.3 is 40.7 Å². The van der Waals surface area contributed by atoms with E-state index in [4.69, 9.17) is 15.2 Å². The maximum absolute atomic E-state index is 10.2. The molecule has 0 aliphatic carbocycles. The lowest BCUT2D eigenvalue weighted by molar-refractivity contribution is -0.302. The summed E-state index contributed by atoms with van der Waals surface area (Å²) in [6.45, 7) is 1.60. The molecule has 8 heteroatoms. The van der Waals surface area contributed by atoms with Gasteiger partial charge >= 0.3 is 0 Å². The van der Waals surface area contributed by atoms with Crippen LogP contribution in [0.1, 0.15) is 84.0 Å². The average molecular weight is 462 g/mol. The van der Waals surface area contributed by atoms with Gasteiger partial charge in [-0.2, -0.15) is 0 Å². The largest absolute Gasteiger partial charge is 0.394 e. The minimum absolute atomic E-state index is 0.118. The van der Waals surface area contributed by atoms with E-state index in [9.17, 15) is 25.5 Å². The number of allylic oxidation sites excluding steroid dienone is 1. The van der Waals surface area contributed by atoms with Crippen LogP contribution >= 0.6 is 0 Å². The molecule has 1 fully saturated rings. The maximum atomic E-state index is 10.2. The third-order valence-electron chi connectivity index (χ3n) is 6.05. The molecule has 32 heavy (non-hydrogen) atoms. The van der Waals surface area contributed by atoms with E-state index in [2.05, 4.69) is 6.92 Å². The van der Waals surface area contributed by atoms with Gasteiger partial charge in [-0.3, -0.25) is 0 Å². The van der Waals surface area contributed by atoms with Gasteiger partial charge in [-0.1, -0.05) is 83.3 Å². The van der Waals surface area contributed by atoms with Crippen molar-refractivity contribution < 1.29 is 35.0 Å². The Labute approximate surface area is 193 Å². The Morgan fingerprint density at radius 1 is 0.875 bits per heavy atom. The number of hydrogen-bond donors (Lipinski definition) is 6. The number of aliphatic hydroxyl groups is 5. The van der Waals surface area contributed by atoms with Crippen molar-refractivity contribution in [2.24, 2.45) is 5.73 Å². The van der Waals surface area contributed by atoms with E-state index < -0.39 is 49.5 Å². The zero-order valence-electron chi connectivity index (χ0n) is 19.7. The zero-order chi connectivity index (χ0) is 23.8. The van der Waals surface area contributed by atoms with Gasteiger partial charge in [-0.05, 0) is 12.8 Å². The SMILES string of the molecule is CCCCCCCCCCCCC/C=C/[C@@H](O)[C@@H](N)CO[C@@H]1OC(CO)[C@H](O)C(O)C1O. The third kappa shape index (κ3) is 11.5. The molecule has 3 unspecified atom stereocenters. The van der Waals surface area contributed by atoms with Crippen molar-refractivity contribution in [3.63, 3.8) is 0 Å². The highest BCUT2D eigenvalue weighted by Crippen LogP contribution is 2.22. The molecule has 0 aromatic heterocycles. The first-order valence-corrected chi connectivity index (χ1v) is 12.4. The van der Waals surface area contributed by atoms with Crippen LogP contribution in [0.15, 0.2) is 12.2 Å². The van der Waals surface area contributed by atoms with E-state index in [1.165, 1.54) is 64.2 Å². The summed E-state index contributed by atoms with van der Waals surface area (Å²) in [6, 6.07) is -0.740. The fourth-order valence-electron chi connectivity index (χ4n) is 3.81. The standard InChI is InChI=1S/C24H47NO7/c1-2-3-4-5-6-7-8-9-10-11-12-13-14-15-19(27)18(25)17-31-24-23(30)22(29)21(28)20(16-26)32-24/h14-15,18-24,26-30H,2-13,16-17,25H2,1H3/b15-14+/t18-,19+,20?,21-,22?,23?,24+/m0/s1. The molecule has 1 saturated heterocycles. The molecular weight excluding hydrogens is 414 g/mol. The molecule has 7 atom stereocenters. The Hall–Kier alpha value is -0.580. The summed E-state index contributed by atoms with van der Waals surface area (Å²) in [4.78, 5) is 0. The highest BCUT2D eigenvalue weighted by atomic mass is 16.7. The van der Waals surface area contributed by atoms with Crippen LogP contribution in [0, 0.1) is 0 Å². The highest BCUT2D eigenvalue weighted by Gasteiger charge is 2.44. The van der Waals surface area contributed by atoms with E-state index in [1.807, 2.05) is 6.08 Å². The quantitative estimate of drug-likeness (QED) is 0.134. The van der Waals surface area contributed by atoms with Gasteiger partial charge in [0, 0.05) is 0 Å². The lowest BCUT2D eigenvalue weighted by Crippen LogP contribution is -2.59. The van der Waals surface area contributed by atoms with Crippen molar-refractivity contribution in [1.82, 2.24) is 0 Å². The molecule has 0 amide bonds. The van der Waals surface area contributed by atoms with Gasteiger partial charge in [-0.25, -0.2) is 0 Å². The van der Waals surface area contributed by atoms with Crippen LogP contribution in [0.4, 0.5) is 0 Å². The summed E-state index contributed by atoms with van der Waals surface area (Å²) in [5, 5.41) is 48.8. The predicted molar refractivity (Wildman–Crippen MR) is 124 cm³/mol. The van der Waals surface area contributed by atoms with Crippen molar-refractivity contribution in [2.45, 2.75) is 127 Å². The van der Waals surface area contributed by atoms with Crippen LogP contribution in [0.2, 0.25) is 0 Å². The number of aliphatic hydroxyl groups excluding tert-OH is 5. The molecule has 1 heterocycles. The summed E-state index contributed by atoms with van der Waals surface area (Å²) in [5.41, 5.74) is 5.93. The Bertz CT molecular complexity index is 477. The van der Waals surface area contributed by atoms with Gasteiger partial charge in [0.15, 0.2) is 6.29 Å². The Morgan fingerprint density at radius 2 is 1.44 bits per heavy atom. The normalized spacial score (nSPS) is 28.3. The van der Waals surface area contributed by atoms with Crippen molar-refractivity contribution in [1.29, 1.82) is 0 Å². The second kappa shape index (κ2) is 17.8. The number of rotatable bonds is 18. The van der Waals surface area contributed by atoms with Gasteiger partial charge in [-0.15, -0.1) is 0 Å². The van der Waals surface area contributed by atoms with Gasteiger partial charge in [0.05, 0.1) is 25.4 Å². The molecule has 190 valence electrons. The summed E-state index contributed by atoms with van der Waals surface area (Å²) in [6.07, 6.45) is 11.1. The molecule has 0 saturated carbocycles. The van der Waals surface area contributed by atoms with Crippen LogP contribution in [0.3, 0.4) is 0 Å². The summed E-state index contributed by atoms with van der Waals surface area (Å²) in [5.74, 6) is 0. The van der Waals surface area contributed by atoms with E-state index in [0.717, 1.165) is 12.8 Å². The van der Waals surface area contributed by atoms with Gasteiger partial charge in [0.2, 0.25) is 0 Å². The van der Waals surface area contributed by atoms with Crippen molar-refractivity contribution in [2.75, 3.05) is 13.2 Å². The first-order chi connectivity index (χ1) is 15.4. The molecule has 0 spiro atoms. The van der Waals surface area contributed by atoms with Crippen molar-refractivity contribution in [3.05, 3.63) is 12.2 Å². The predicted octanol–water partition coefficient (Wildman–Crippen LogP) is 1.75. The second-order valence-electron chi connectivity index (χ2n) is 8.94. The molecule has 0 aromatic carbocycles. The fraction of sp³-hybridized carbons (Fsp3) is 0.917. The molecule has 1 rings (SSSR count). The monoisotopic (exact) mass is 461 g/mol. The minimum atomic E-state index is -1.50. The maximum Gasteiger partial charge on any atom is 0.186 e. The Balaban J connectivity index is 2.10. The van der Waals surface area contributed by atoms with Crippen LogP contribution in [-0.4, -0.2) is 81.6 Å². The topological polar surface area (TPSA) is 146 Å². The lowest BCUT2D eigenvalue weighted by Gasteiger charge is -2.39. The molecule has 1 aliphatic rings. The lowest BCUT2D eigenvalue weighted by atomic mass is 9.99.